The maximum Gasteiger partial charge on any atom is 0.338 e. The second kappa shape index (κ2) is 5.12. The molecule has 1 heterocycles. The van der Waals surface area contributed by atoms with Crippen molar-refractivity contribution in [1.29, 1.82) is 0 Å². The molecule has 1 aliphatic rings. The number of hydrogen-bond acceptors (Lipinski definition) is 4. The fraction of sp³-hybridized carbons (Fsp3) is 0.417. The Morgan fingerprint density at radius 1 is 1.45 bits per heavy atom. The van der Waals surface area contributed by atoms with Crippen molar-refractivity contribution in [3.63, 3.8) is 0 Å². The molecule has 6 nitrogen and oxygen atoms in total. The largest absolute Gasteiger partial charge is 0.478 e. The second-order valence-electron chi connectivity index (χ2n) is 4.66. The number of carboxylic acids is 1. The summed E-state index contributed by atoms with van der Waals surface area (Å²) in [6, 6.07) is 2.07. The van der Waals surface area contributed by atoms with E-state index in [0.717, 1.165) is 16.4 Å². The molecule has 2 N–H and O–H groups in total. The Kier molecular flexibility index (Phi) is 3.81. The molecular formula is C12H14FNO5S. The first kappa shape index (κ1) is 14.9. The van der Waals surface area contributed by atoms with Gasteiger partial charge in [-0.25, -0.2) is 17.6 Å². The third-order valence-corrected chi connectivity index (χ3v) is 5.42. The molecular weight excluding hydrogens is 289 g/mol. The third kappa shape index (κ3) is 2.41. The normalized spacial score (nSPS) is 23.9. The zero-order chi connectivity index (χ0) is 15.1. The molecule has 1 aliphatic heterocycles. The topological polar surface area (TPSA) is 94.9 Å². The summed E-state index contributed by atoms with van der Waals surface area (Å²) in [6.45, 7) is 1.71. The van der Waals surface area contributed by atoms with Crippen LogP contribution in [-0.2, 0) is 10.0 Å². The van der Waals surface area contributed by atoms with Crippen LogP contribution >= 0.6 is 0 Å². The minimum Gasteiger partial charge on any atom is -0.478 e. The molecule has 1 fully saturated rings. The average molecular weight is 303 g/mol. The summed E-state index contributed by atoms with van der Waals surface area (Å²) < 4.78 is 39.3. The van der Waals surface area contributed by atoms with E-state index in [-0.39, 0.29) is 11.4 Å². The highest BCUT2D eigenvalue weighted by Crippen LogP contribution is 2.27. The molecule has 2 atom stereocenters. The summed E-state index contributed by atoms with van der Waals surface area (Å²) in [4.78, 5) is 10.4. The van der Waals surface area contributed by atoms with Gasteiger partial charge >= 0.3 is 5.97 Å². The highest BCUT2D eigenvalue weighted by Gasteiger charge is 2.38. The molecule has 0 spiro atoms. The number of nitrogens with zero attached hydrogens (tertiary/aromatic N) is 1. The molecule has 8 heteroatoms. The Morgan fingerprint density at radius 2 is 2.10 bits per heavy atom. The van der Waals surface area contributed by atoms with E-state index >= 15 is 0 Å². The fourth-order valence-corrected chi connectivity index (χ4v) is 3.89. The van der Waals surface area contributed by atoms with E-state index in [1.54, 1.807) is 6.92 Å². The summed E-state index contributed by atoms with van der Waals surface area (Å²) in [6.07, 6.45) is -0.441. The van der Waals surface area contributed by atoms with Crippen LogP contribution < -0.4 is 0 Å². The van der Waals surface area contributed by atoms with E-state index in [0.29, 0.717) is 12.5 Å². The molecule has 0 unspecified atom stereocenters. The summed E-state index contributed by atoms with van der Waals surface area (Å²) in [5.41, 5.74) is -0.585. The van der Waals surface area contributed by atoms with Crippen molar-refractivity contribution in [2.24, 2.45) is 0 Å². The van der Waals surface area contributed by atoms with Gasteiger partial charge in [-0.05, 0) is 31.5 Å². The van der Waals surface area contributed by atoms with E-state index in [1.165, 1.54) is 0 Å². The van der Waals surface area contributed by atoms with Gasteiger partial charge in [0, 0.05) is 12.6 Å². The number of benzene rings is 1. The summed E-state index contributed by atoms with van der Waals surface area (Å²) in [7, 11) is -3.95. The van der Waals surface area contributed by atoms with Crippen molar-refractivity contribution < 1.29 is 27.8 Å². The maximum atomic E-state index is 13.6. The van der Waals surface area contributed by atoms with Crippen molar-refractivity contribution in [3.05, 3.63) is 29.6 Å². The minimum absolute atomic E-state index is 0.146. The van der Waals surface area contributed by atoms with Crippen molar-refractivity contribution in [2.75, 3.05) is 6.54 Å². The molecule has 0 aliphatic carbocycles. The van der Waals surface area contributed by atoms with E-state index in [2.05, 4.69) is 0 Å². The van der Waals surface area contributed by atoms with Gasteiger partial charge in [-0.3, -0.25) is 0 Å². The number of carboxylic acid groups (broad SMARTS) is 1. The number of hydrogen-bond donors (Lipinski definition) is 2. The van der Waals surface area contributed by atoms with Gasteiger partial charge in [0.1, 0.15) is 5.82 Å². The highest BCUT2D eigenvalue weighted by atomic mass is 32.2. The van der Waals surface area contributed by atoms with Gasteiger partial charge in [0.05, 0.1) is 16.6 Å². The van der Waals surface area contributed by atoms with Crippen molar-refractivity contribution in [3.8, 4) is 0 Å². The first-order valence-electron chi connectivity index (χ1n) is 5.98. The molecule has 1 aromatic rings. The lowest BCUT2D eigenvalue weighted by molar-refractivity contribution is 0.0691. The van der Waals surface area contributed by atoms with Gasteiger partial charge < -0.3 is 10.2 Å². The zero-order valence-electron chi connectivity index (χ0n) is 10.7. The Bertz CT molecular complexity index is 645. The average Bonchev–Trinajstić information content (AvgIpc) is 2.70. The van der Waals surface area contributed by atoms with Crippen molar-refractivity contribution in [2.45, 2.75) is 30.4 Å². The van der Waals surface area contributed by atoms with Crippen LogP contribution in [0.5, 0.6) is 0 Å². The van der Waals surface area contributed by atoms with E-state index in [9.17, 15) is 22.7 Å². The first-order valence-corrected chi connectivity index (χ1v) is 7.42. The Morgan fingerprint density at radius 3 is 2.55 bits per heavy atom. The Balaban J connectivity index is 2.40. The van der Waals surface area contributed by atoms with Crippen LogP contribution in [0.2, 0.25) is 0 Å². The van der Waals surface area contributed by atoms with Crippen LogP contribution in [-0.4, -0.2) is 47.6 Å². The van der Waals surface area contributed by atoms with Crippen LogP contribution in [0.1, 0.15) is 23.7 Å². The molecule has 0 bridgehead atoms. The van der Waals surface area contributed by atoms with Crippen LogP contribution in [0.25, 0.3) is 0 Å². The van der Waals surface area contributed by atoms with Gasteiger partial charge in [-0.2, -0.15) is 4.31 Å². The fourth-order valence-electron chi connectivity index (χ4n) is 2.20. The highest BCUT2D eigenvalue weighted by molar-refractivity contribution is 7.89. The number of aromatic carboxylic acids is 1. The van der Waals surface area contributed by atoms with Crippen LogP contribution in [0, 0.1) is 5.82 Å². The lowest BCUT2D eigenvalue weighted by Gasteiger charge is -2.22. The van der Waals surface area contributed by atoms with Gasteiger partial charge in [0.25, 0.3) is 0 Å². The smallest absolute Gasteiger partial charge is 0.338 e. The number of carbonyl (C=O) groups is 1. The predicted octanol–water partition coefficient (Wildman–Crippen LogP) is 0.668. The minimum atomic E-state index is -3.95. The van der Waals surface area contributed by atoms with E-state index in [1.807, 2.05) is 0 Å². The number of aliphatic hydroxyl groups is 1. The van der Waals surface area contributed by atoms with Gasteiger partial charge in [-0.15, -0.1) is 0 Å². The molecule has 1 aromatic carbocycles. The van der Waals surface area contributed by atoms with Gasteiger partial charge in [0.15, 0.2) is 0 Å². The predicted molar refractivity (Wildman–Crippen MR) is 67.3 cm³/mol. The monoisotopic (exact) mass is 303 g/mol. The lowest BCUT2D eigenvalue weighted by Crippen LogP contribution is -2.37. The quantitative estimate of drug-likeness (QED) is 0.855. The van der Waals surface area contributed by atoms with E-state index in [4.69, 9.17) is 5.11 Å². The SMILES string of the molecule is C[C@@H]1[C@H](O)CCN1S(=O)(=O)c1ccc(C(=O)O)c(F)c1. The zero-order valence-corrected chi connectivity index (χ0v) is 11.5. The molecule has 0 amide bonds. The third-order valence-electron chi connectivity index (χ3n) is 3.43. The van der Waals surface area contributed by atoms with Crippen LogP contribution in [0.15, 0.2) is 23.1 Å². The number of sulfonamides is 1. The number of rotatable bonds is 3. The molecule has 0 saturated carbocycles. The van der Waals surface area contributed by atoms with Gasteiger partial charge in [-0.1, -0.05) is 0 Å². The lowest BCUT2D eigenvalue weighted by atomic mass is 10.2. The number of halogens is 1. The standard InChI is InChI=1S/C12H14FNO5S/c1-7-11(15)4-5-14(7)20(18,19)8-2-3-9(12(16)17)10(13)6-8/h2-3,6-7,11,15H,4-5H2,1H3,(H,16,17)/t7-,11-/m1/s1. The summed E-state index contributed by atoms with van der Waals surface area (Å²) in [5, 5.41) is 18.3. The summed E-state index contributed by atoms with van der Waals surface area (Å²) >= 11 is 0. The molecule has 20 heavy (non-hydrogen) atoms. The summed E-state index contributed by atoms with van der Waals surface area (Å²) in [5.74, 6) is -2.57. The van der Waals surface area contributed by atoms with Crippen LogP contribution in [0.3, 0.4) is 0 Å². The van der Waals surface area contributed by atoms with E-state index < -0.39 is 39.5 Å². The molecule has 2 rings (SSSR count). The molecule has 110 valence electrons. The van der Waals surface area contributed by atoms with Crippen molar-refractivity contribution in [1.82, 2.24) is 4.31 Å². The first-order chi connectivity index (χ1) is 9.25. The number of aliphatic hydroxyl groups excluding tert-OH is 1. The second-order valence-corrected chi connectivity index (χ2v) is 6.55. The maximum absolute atomic E-state index is 13.6. The Labute approximate surface area is 115 Å². The molecule has 0 radical (unpaired) electrons. The molecule has 0 aromatic heterocycles. The molecule has 1 saturated heterocycles. The van der Waals surface area contributed by atoms with Crippen LogP contribution in [0.4, 0.5) is 4.39 Å². The van der Waals surface area contributed by atoms with Crippen molar-refractivity contribution >= 4 is 16.0 Å². The Hall–Kier alpha value is -1.51. The van der Waals surface area contributed by atoms with Gasteiger partial charge in [0.2, 0.25) is 10.0 Å².